The highest BCUT2D eigenvalue weighted by Crippen LogP contribution is 2.22. The Hall–Kier alpha value is -3.24. The van der Waals surface area contributed by atoms with Gasteiger partial charge < -0.3 is 19.7 Å². The first kappa shape index (κ1) is 21.1. The maximum Gasteiger partial charge on any atom is 0.397 e. The Morgan fingerprint density at radius 1 is 0.929 bits per heavy atom. The highest BCUT2D eigenvalue weighted by atomic mass is 16.5. The molecule has 0 saturated carbocycles. The van der Waals surface area contributed by atoms with Crippen LogP contribution in [0.4, 0.5) is 17.6 Å². The number of carbonyl (C=O) groups is 4. The lowest BCUT2D eigenvalue weighted by atomic mass is 10.1. The lowest BCUT2D eigenvalue weighted by molar-refractivity contribution is -0.152. The van der Waals surface area contributed by atoms with E-state index in [1.165, 1.54) is 6.07 Å². The van der Waals surface area contributed by atoms with E-state index in [0.717, 1.165) is 32.4 Å². The maximum absolute atomic E-state index is 11.9. The molecule has 2 amide bonds. The van der Waals surface area contributed by atoms with Crippen LogP contribution in [0.1, 0.15) is 33.1 Å². The van der Waals surface area contributed by atoms with Gasteiger partial charge in [0.1, 0.15) is 11.6 Å². The number of amides is 2. The van der Waals surface area contributed by atoms with Crippen LogP contribution in [-0.2, 0) is 28.7 Å². The molecule has 1 aromatic rings. The second kappa shape index (κ2) is 10.2. The van der Waals surface area contributed by atoms with Crippen molar-refractivity contribution < 1.29 is 28.7 Å². The molecule has 1 saturated heterocycles. The summed E-state index contributed by atoms with van der Waals surface area (Å²) in [5, 5.41) is 4.56. The summed E-state index contributed by atoms with van der Waals surface area (Å²) in [4.78, 5) is 57.0. The summed E-state index contributed by atoms with van der Waals surface area (Å²) in [5.41, 5.74) is 0. The SMILES string of the molecule is CCOC(=O)C(=O)Nc1cc(N2CCCCC2)nc(NC(=O)C(=O)OCC)n1. The average Bonchev–Trinajstić information content (AvgIpc) is 2.68. The summed E-state index contributed by atoms with van der Waals surface area (Å²) >= 11 is 0. The summed E-state index contributed by atoms with van der Waals surface area (Å²) in [7, 11) is 0. The van der Waals surface area contributed by atoms with E-state index in [1.807, 2.05) is 4.90 Å². The summed E-state index contributed by atoms with van der Waals surface area (Å²) in [6, 6.07) is 1.49. The molecule has 0 spiro atoms. The zero-order valence-electron chi connectivity index (χ0n) is 15.8. The number of anilines is 3. The predicted octanol–water partition coefficient (Wildman–Crippen LogP) is 0.470. The van der Waals surface area contributed by atoms with Crippen molar-refractivity contribution >= 4 is 41.3 Å². The molecule has 0 atom stereocenters. The molecule has 2 heterocycles. The number of carbonyl (C=O) groups excluding carboxylic acids is 4. The van der Waals surface area contributed by atoms with Gasteiger partial charge in [-0.25, -0.2) is 9.59 Å². The van der Waals surface area contributed by atoms with Crippen LogP contribution in [0.15, 0.2) is 6.07 Å². The minimum absolute atomic E-state index is 0.00668. The highest BCUT2D eigenvalue weighted by molar-refractivity contribution is 6.37. The van der Waals surface area contributed by atoms with Crippen LogP contribution in [0, 0.1) is 0 Å². The van der Waals surface area contributed by atoms with Gasteiger partial charge in [0.05, 0.1) is 13.2 Å². The van der Waals surface area contributed by atoms with E-state index < -0.39 is 23.8 Å². The second-order valence-corrected chi connectivity index (χ2v) is 5.83. The van der Waals surface area contributed by atoms with Gasteiger partial charge in [0, 0.05) is 19.2 Å². The van der Waals surface area contributed by atoms with Gasteiger partial charge in [-0.05, 0) is 33.1 Å². The molecular weight excluding hydrogens is 370 g/mol. The summed E-state index contributed by atoms with van der Waals surface area (Å²) in [6.07, 6.45) is 3.04. The van der Waals surface area contributed by atoms with Crippen molar-refractivity contribution in [2.45, 2.75) is 33.1 Å². The zero-order valence-corrected chi connectivity index (χ0v) is 15.8. The Morgan fingerprint density at radius 3 is 2.07 bits per heavy atom. The number of ether oxygens (including phenoxy) is 2. The fourth-order valence-corrected chi connectivity index (χ4v) is 2.55. The topological polar surface area (TPSA) is 140 Å². The average molecular weight is 393 g/mol. The van der Waals surface area contributed by atoms with Crippen molar-refractivity contribution in [2.24, 2.45) is 0 Å². The van der Waals surface area contributed by atoms with Crippen LogP contribution < -0.4 is 15.5 Å². The molecule has 152 valence electrons. The monoisotopic (exact) mass is 393 g/mol. The molecule has 28 heavy (non-hydrogen) atoms. The molecule has 1 fully saturated rings. The largest absolute Gasteiger partial charge is 0.459 e. The number of hydrogen-bond donors (Lipinski definition) is 2. The van der Waals surface area contributed by atoms with Crippen LogP contribution in [0.5, 0.6) is 0 Å². The molecule has 11 heteroatoms. The molecule has 1 aliphatic heterocycles. The van der Waals surface area contributed by atoms with Crippen LogP contribution in [0.3, 0.4) is 0 Å². The summed E-state index contributed by atoms with van der Waals surface area (Å²) in [5.74, 6) is -3.93. The Morgan fingerprint density at radius 2 is 1.50 bits per heavy atom. The number of nitrogens with zero attached hydrogens (tertiary/aromatic N) is 3. The number of aromatic nitrogens is 2. The predicted molar refractivity (Wildman–Crippen MR) is 98.6 cm³/mol. The van der Waals surface area contributed by atoms with E-state index in [2.05, 4.69) is 30.1 Å². The van der Waals surface area contributed by atoms with Gasteiger partial charge in [-0.2, -0.15) is 9.97 Å². The lowest BCUT2D eigenvalue weighted by Crippen LogP contribution is -2.32. The first-order valence-electron chi connectivity index (χ1n) is 9.04. The van der Waals surface area contributed by atoms with Gasteiger partial charge in [0.15, 0.2) is 0 Å². The number of hydrogen-bond acceptors (Lipinski definition) is 9. The first-order valence-corrected chi connectivity index (χ1v) is 9.04. The number of piperidine rings is 1. The van der Waals surface area contributed by atoms with E-state index >= 15 is 0 Å². The number of esters is 2. The second-order valence-electron chi connectivity index (χ2n) is 5.83. The van der Waals surface area contributed by atoms with Gasteiger partial charge in [-0.3, -0.25) is 14.9 Å². The quantitative estimate of drug-likeness (QED) is 0.539. The highest BCUT2D eigenvalue weighted by Gasteiger charge is 2.21. The van der Waals surface area contributed by atoms with Crippen molar-refractivity contribution in [1.29, 1.82) is 0 Å². The third kappa shape index (κ3) is 5.89. The molecule has 0 aromatic carbocycles. The Balaban J connectivity index is 2.24. The molecule has 0 radical (unpaired) electrons. The van der Waals surface area contributed by atoms with Gasteiger partial charge in [-0.1, -0.05) is 0 Å². The van der Waals surface area contributed by atoms with Gasteiger partial charge in [0.25, 0.3) is 0 Å². The summed E-state index contributed by atoms with van der Waals surface area (Å²) in [6.45, 7) is 4.73. The molecule has 1 aromatic heterocycles. The third-order valence-electron chi connectivity index (χ3n) is 3.78. The molecule has 2 N–H and O–H groups in total. The van der Waals surface area contributed by atoms with Gasteiger partial charge in [-0.15, -0.1) is 0 Å². The Bertz CT molecular complexity index is 697. The van der Waals surface area contributed by atoms with Crippen LogP contribution in [-0.4, -0.2) is 60.0 Å². The summed E-state index contributed by atoms with van der Waals surface area (Å²) < 4.78 is 9.27. The molecule has 0 unspecified atom stereocenters. The molecule has 11 nitrogen and oxygen atoms in total. The Kier molecular flexibility index (Phi) is 7.66. The van der Waals surface area contributed by atoms with Crippen molar-refractivity contribution in [2.75, 3.05) is 41.8 Å². The van der Waals surface area contributed by atoms with Crippen LogP contribution in [0.25, 0.3) is 0 Å². The molecule has 2 rings (SSSR count). The van der Waals surface area contributed by atoms with Crippen LogP contribution in [0.2, 0.25) is 0 Å². The molecule has 0 bridgehead atoms. The van der Waals surface area contributed by atoms with E-state index in [1.54, 1.807) is 13.8 Å². The zero-order chi connectivity index (χ0) is 20.5. The van der Waals surface area contributed by atoms with Gasteiger partial charge in [0.2, 0.25) is 5.95 Å². The molecule has 0 aliphatic carbocycles. The maximum atomic E-state index is 11.9. The van der Waals surface area contributed by atoms with Crippen molar-refractivity contribution in [3.63, 3.8) is 0 Å². The number of nitrogens with one attached hydrogen (secondary N) is 2. The molecular formula is C17H23N5O6. The lowest BCUT2D eigenvalue weighted by Gasteiger charge is -2.28. The molecule has 1 aliphatic rings. The van der Waals surface area contributed by atoms with Crippen LogP contribution >= 0.6 is 0 Å². The fraction of sp³-hybridized carbons (Fsp3) is 0.529. The first-order chi connectivity index (χ1) is 13.4. The minimum atomic E-state index is -1.08. The van der Waals surface area contributed by atoms with E-state index in [4.69, 9.17) is 0 Å². The minimum Gasteiger partial charge on any atom is -0.459 e. The van der Waals surface area contributed by atoms with E-state index in [9.17, 15) is 19.2 Å². The van der Waals surface area contributed by atoms with Crippen molar-refractivity contribution in [1.82, 2.24) is 9.97 Å². The van der Waals surface area contributed by atoms with Crippen molar-refractivity contribution in [3.05, 3.63) is 6.07 Å². The fourth-order valence-electron chi connectivity index (χ4n) is 2.55. The Labute approximate surface area is 161 Å². The van der Waals surface area contributed by atoms with E-state index in [-0.39, 0.29) is 25.0 Å². The standard InChI is InChI=1S/C17H23N5O6/c1-3-27-15(25)13(23)18-11-10-12(22-8-6-5-7-9-22)20-17(19-11)21-14(24)16(26)28-4-2/h10H,3-9H2,1-2H3,(H2,18,19,20,21,23,24). The van der Waals surface area contributed by atoms with Crippen molar-refractivity contribution in [3.8, 4) is 0 Å². The normalized spacial score (nSPS) is 13.4. The number of rotatable bonds is 5. The van der Waals surface area contributed by atoms with Gasteiger partial charge >= 0.3 is 23.8 Å². The smallest absolute Gasteiger partial charge is 0.397 e. The third-order valence-corrected chi connectivity index (χ3v) is 3.78. The van der Waals surface area contributed by atoms with E-state index in [0.29, 0.717) is 5.82 Å².